The molecular weight excluding hydrogens is 471 g/mol. The molecule has 0 spiro atoms. The van der Waals surface area contributed by atoms with Gasteiger partial charge < -0.3 is 15.5 Å². The fraction of sp³-hybridized carbons (Fsp3) is 0.938. The van der Waals surface area contributed by atoms with Crippen molar-refractivity contribution in [2.75, 3.05) is 56.7 Å². The molecule has 150 valence electrons. The Balaban J connectivity index is 0.00000576. The molecule has 1 rings (SSSR count). The van der Waals surface area contributed by atoms with Crippen LogP contribution < -0.4 is 10.6 Å². The average molecular weight is 507 g/mol. The Bertz CT molecular complexity index is 467. The Labute approximate surface area is 175 Å². The van der Waals surface area contributed by atoms with Gasteiger partial charge in [-0.1, -0.05) is 0 Å². The fourth-order valence-corrected chi connectivity index (χ4v) is 3.74. The SMILES string of the molecule is CCNC(=NCCCCSC)NC1CCN(CCS(C)(=O)=O)CC1.I. The molecule has 0 aliphatic carbocycles. The van der Waals surface area contributed by atoms with Crippen molar-refractivity contribution in [3.8, 4) is 0 Å². The first kappa shape index (κ1) is 25.3. The van der Waals surface area contributed by atoms with Gasteiger partial charge in [0.2, 0.25) is 0 Å². The van der Waals surface area contributed by atoms with Crippen LogP contribution in [0.2, 0.25) is 0 Å². The summed E-state index contributed by atoms with van der Waals surface area (Å²) in [5, 5.41) is 6.85. The van der Waals surface area contributed by atoms with E-state index in [9.17, 15) is 8.42 Å². The minimum absolute atomic E-state index is 0. The van der Waals surface area contributed by atoms with E-state index >= 15 is 0 Å². The molecule has 0 aromatic carbocycles. The van der Waals surface area contributed by atoms with Gasteiger partial charge in [-0.2, -0.15) is 11.8 Å². The number of piperidine rings is 1. The summed E-state index contributed by atoms with van der Waals surface area (Å²) in [5.74, 6) is 2.37. The summed E-state index contributed by atoms with van der Waals surface area (Å²) >= 11 is 1.88. The quantitative estimate of drug-likeness (QED) is 0.204. The Hall–Kier alpha value is 0.260. The molecule has 1 aliphatic rings. The first-order valence-electron chi connectivity index (χ1n) is 8.88. The van der Waals surface area contributed by atoms with E-state index < -0.39 is 9.84 Å². The first-order valence-corrected chi connectivity index (χ1v) is 12.3. The van der Waals surface area contributed by atoms with Gasteiger partial charge in [-0.05, 0) is 44.6 Å². The minimum atomic E-state index is -2.87. The molecule has 2 N–H and O–H groups in total. The Morgan fingerprint density at radius 1 is 1.28 bits per heavy atom. The van der Waals surface area contributed by atoms with Gasteiger partial charge in [0.25, 0.3) is 0 Å². The zero-order valence-electron chi connectivity index (χ0n) is 15.8. The largest absolute Gasteiger partial charge is 0.357 e. The predicted molar refractivity (Wildman–Crippen MR) is 121 cm³/mol. The van der Waals surface area contributed by atoms with Crippen molar-refractivity contribution in [3.63, 3.8) is 0 Å². The lowest BCUT2D eigenvalue weighted by Crippen LogP contribution is -2.49. The normalized spacial score (nSPS) is 17.2. The lowest BCUT2D eigenvalue weighted by Gasteiger charge is -2.32. The van der Waals surface area contributed by atoms with E-state index in [0.29, 0.717) is 12.6 Å². The van der Waals surface area contributed by atoms with Crippen LogP contribution >= 0.6 is 35.7 Å². The van der Waals surface area contributed by atoms with Crippen LogP contribution in [0.3, 0.4) is 0 Å². The molecule has 0 aromatic heterocycles. The van der Waals surface area contributed by atoms with E-state index in [1.54, 1.807) is 0 Å². The number of likely N-dealkylation sites (tertiary alicyclic amines) is 1. The number of halogens is 1. The zero-order chi connectivity index (χ0) is 17.8. The summed E-state index contributed by atoms with van der Waals surface area (Å²) in [4.78, 5) is 6.90. The monoisotopic (exact) mass is 506 g/mol. The number of unbranched alkanes of at least 4 members (excludes halogenated alkanes) is 1. The lowest BCUT2D eigenvalue weighted by atomic mass is 10.1. The van der Waals surface area contributed by atoms with Gasteiger partial charge in [-0.15, -0.1) is 24.0 Å². The molecule has 1 saturated heterocycles. The Kier molecular flexibility index (Phi) is 14.5. The number of nitrogens with one attached hydrogen (secondary N) is 2. The van der Waals surface area contributed by atoms with Crippen LogP contribution in [0, 0.1) is 0 Å². The summed E-state index contributed by atoms with van der Waals surface area (Å²) in [6, 6.07) is 0.420. The maximum atomic E-state index is 11.3. The summed E-state index contributed by atoms with van der Waals surface area (Å²) in [6.07, 6.45) is 7.84. The predicted octanol–water partition coefficient (Wildman–Crippen LogP) is 1.81. The van der Waals surface area contributed by atoms with E-state index in [2.05, 4.69) is 33.7 Å². The molecule has 25 heavy (non-hydrogen) atoms. The summed E-state index contributed by atoms with van der Waals surface area (Å²) < 4.78 is 22.5. The maximum absolute atomic E-state index is 11.3. The molecule has 0 saturated carbocycles. The standard InChI is InChI=1S/C16H34N4O2S2.HI/c1-4-17-16(18-9-5-6-13-23-2)19-15-7-10-20(11-8-15)12-14-24(3,21)22;/h15H,4-14H2,1-3H3,(H2,17,18,19);1H. The smallest absolute Gasteiger partial charge is 0.191 e. The molecule has 0 unspecified atom stereocenters. The summed E-state index contributed by atoms with van der Waals surface area (Å²) in [6.45, 7) is 6.35. The van der Waals surface area contributed by atoms with Gasteiger partial charge in [0.1, 0.15) is 9.84 Å². The third kappa shape index (κ3) is 13.1. The van der Waals surface area contributed by atoms with E-state index in [1.165, 1.54) is 18.4 Å². The second-order valence-electron chi connectivity index (χ2n) is 6.35. The van der Waals surface area contributed by atoms with Crippen molar-refractivity contribution >= 4 is 51.5 Å². The van der Waals surface area contributed by atoms with Crippen molar-refractivity contribution in [2.45, 2.75) is 38.6 Å². The minimum Gasteiger partial charge on any atom is -0.357 e. The van der Waals surface area contributed by atoms with Gasteiger partial charge in [0.15, 0.2) is 5.96 Å². The molecule has 0 aromatic rings. The van der Waals surface area contributed by atoms with Crippen LogP contribution in [0.5, 0.6) is 0 Å². The number of thioether (sulfide) groups is 1. The molecule has 1 aliphatic heterocycles. The maximum Gasteiger partial charge on any atom is 0.191 e. The highest BCUT2D eigenvalue weighted by Gasteiger charge is 2.20. The van der Waals surface area contributed by atoms with E-state index in [4.69, 9.17) is 0 Å². The molecular formula is C16H35IN4O2S2. The van der Waals surface area contributed by atoms with Crippen LogP contribution in [-0.2, 0) is 9.84 Å². The van der Waals surface area contributed by atoms with Gasteiger partial charge in [-0.25, -0.2) is 8.42 Å². The van der Waals surface area contributed by atoms with Crippen LogP contribution in [0.15, 0.2) is 4.99 Å². The lowest BCUT2D eigenvalue weighted by molar-refractivity contribution is 0.216. The number of aliphatic imine (C=N–C) groups is 1. The highest BCUT2D eigenvalue weighted by molar-refractivity contribution is 14.0. The van der Waals surface area contributed by atoms with Gasteiger partial charge >= 0.3 is 0 Å². The average Bonchev–Trinajstić information content (AvgIpc) is 2.53. The number of rotatable bonds is 10. The fourth-order valence-electron chi connectivity index (χ4n) is 2.66. The van der Waals surface area contributed by atoms with Crippen molar-refractivity contribution < 1.29 is 8.42 Å². The third-order valence-corrected chi connectivity index (χ3v) is 5.70. The summed E-state index contributed by atoms with van der Waals surface area (Å²) in [5.41, 5.74) is 0. The topological polar surface area (TPSA) is 73.8 Å². The Morgan fingerprint density at radius 2 is 1.96 bits per heavy atom. The first-order chi connectivity index (χ1) is 11.4. The van der Waals surface area contributed by atoms with E-state index in [-0.39, 0.29) is 29.7 Å². The Morgan fingerprint density at radius 3 is 2.52 bits per heavy atom. The second kappa shape index (κ2) is 14.3. The molecule has 1 fully saturated rings. The second-order valence-corrected chi connectivity index (χ2v) is 9.60. The van der Waals surface area contributed by atoms with Crippen molar-refractivity contribution in [1.29, 1.82) is 0 Å². The molecule has 0 radical (unpaired) electrons. The number of sulfone groups is 1. The molecule has 6 nitrogen and oxygen atoms in total. The van der Waals surface area contributed by atoms with Crippen LogP contribution in [0.4, 0.5) is 0 Å². The molecule has 0 atom stereocenters. The van der Waals surface area contributed by atoms with E-state index in [0.717, 1.165) is 51.4 Å². The van der Waals surface area contributed by atoms with Crippen molar-refractivity contribution in [1.82, 2.24) is 15.5 Å². The molecule has 0 amide bonds. The van der Waals surface area contributed by atoms with Gasteiger partial charge in [-0.3, -0.25) is 4.99 Å². The van der Waals surface area contributed by atoms with Gasteiger partial charge in [0.05, 0.1) is 5.75 Å². The molecule has 1 heterocycles. The highest BCUT2D eigenvalue weighted by atomic mass is 127. The van der Waals surface area contributed by atoms with Crippen molar-refractivity contribution in [2.24, 2.45) is 4.99 Å². The number of nitrogens with zero attached hydrogens (tertiary/aromatic N) is 2. The molecule has 0 bridgehead atoms. The van der Waals surface area contributed by atoms with Crippen LogP contribution in [-0.4, -0.2) is 82.1 Å². The highest BCUT2D eigenvalue weighted by Crippen LogP contribution is 2.10. The molecule has 9 heteroatoms. The van der Waals surface area contributed by atoms with Crippen LogP contribution in [0.1, 0.15) is 32.6 Å². The summed E-state index contributed by atoms with van der Waals surface area (Å²) in [7, 11) is -2.87. The van der Waals surface area contributed by atoms with Gasteiger partial charge in [0, 0.05) is 45.0 Å². The zero-order valence-corrected chi connectivity index (χ0v) is 19.8. The third-order valence-electron chi connectivity index (χ3n) is 4.08. The number of guanidine groups is 1. The van der Waals surface area contributed by atoms with Crippen molar-refractivity contribution in [3.05, 3.63) is 0 Å². The number of hydrogen-bond donors (Lipinski definition) is 2. The van der Waals surface area contributed by atoms with Crippen LogP contribution in [0.25, 0.3) is 0 Å². The number of hydrogen-bond acceptors (Lipinski definition) is 5. The van der Waals surface area contributed by atoms with E-state index in [1.807, 2.05) is 11.8 Å².